The first kappa shape index (κ1) is 34.8. The first-order valence-corrected chi connectivity index (χ1v) is 16.6. The van der Waals surface area contributed by atoms with E-state index in [1.165, 1.54) is 38.5 Å². The minimum absolute atomic E-state index is 0.534. The highest BCUT2D eigenvalue weighted by molar-refractivity contribution is 5.79. The summed E-state index contributed by atoms with van der Waals surface area (Å²) in [6.07, 6.45) is 18.0. The summed E-state index contributed by atoms with van der Waals surface area (Å²) >= 11 is 0. The summed E-state index contributed by atoms with van der Waals surface area (Å²) in [6, 6.07) is 20.5. The van der Waals surface area contributed by atoms with Gasteiger partial charge in [0.25, 0.3) is 0 Å². The molecule has 0 bridgehead atoms. The van der Waals surface area contributed by atoms with Gasteiger partial charge in [0.1, 0.15) is 23.0 Å². The second kappa shape index (κ2) is 19.6. The van der Waals surface area contributed by atoms with Gasteiger partial charge in [0.2, 0.25) is 0 Å². The topological polar surface area (TPSA) is 36.9 Å². The molecule has 0 N–H and O–H groups in total. The van der Waals surface area contributed by atoms with E-state index in [0.717, 1.165) is 58.1 Å². The van der Waals surface area contributed by atoms with E-state index in [0.29, 0.717) is 25.0 Å². The molecule has 44 heavy (non-hydrogen) atoms. The van der Waals surface area contributed by atoms with Crippen LogP contribution in [-0.2, 0) is 0 Å². The number of benzene rings is 3. The highest BCUT2D eigenvalue weighted by Gasteiger charge is 2.15. The number of hydrogen-bond acceptors (Lipinski definition) is 4. The molecule has 4 nitrogen and oxygen atoms in total. The SMILES string of the molecule is CCCCC(CC)COc1cc(/C=C/c2ccc(OC)cc2)c(OCC(CC)CCCC)cc1/C=C/c1ccc(OC)cc1. The smallest absolute Gasteiger partial charge is 0.127 e. The zero-order valence-corrected chi connectivity index (χ0v) is 27.9. The lowest BCUT2D eigenvalue weighted by atomic mass is 10.00. The first-order chi connectivity index (χ1) is 21.5. The molecular weight excluding hydrogens is 544 g/mol. The number of ether oxygens (including phenoxy) is 4. The third-order valence-electron chi connectivity index (χ3n) is 8.32. The predicted octanol–water partition coefficient (Wildman–Crippen LogP) is 11.2. The molecule has 3 rings (SSSR count). The minimum Gasteiger partial charge on any atom is -0.497 e. The Morgan fingerprint density at radius 2 is 0.932 bits per heavy atom. The van der Waals surface area contributed by atoms with E-state index in [1.807, 2.05) is 24.3 Å². The molecule has 0 amide bonds. The molecule has 0 aromatic heterocycles. The van der Waals surface area contributed by atoms with E-state index in [2.05, 4.69) is 88.4 Å². The number of rotatable bonds is 20. The molecule has 0 spiro atoms. The standard InChI is InChI=1S/C40H54O4/c1-7-11-13-31(9-3)29-43-39-27-36(22-16-34-19-25-38(42-6)26-20-34)40(44-30-32(10-4)14-12-8-2)28-35(39)21-15-33-17-23-37(41-5)24-18-33/h15-28,31-32H,7-14,29-30H2,1-6H3/b21-15+,22-16+. The van der Waals surface area contributed by atoms with Crippen LogP contribution in [0.15, 0.2) is 60.7 Å². The summed E-state index contributed by atoms with van der Waals surface area (Å²) in [6.45, 7) is 10.4. The van der Waals surface area contributed by atoms with Gasteiger partial charge in [0, 0.05) is 11.1 Å². The molecule has 4 heteroatoms. The summed E-state index contributed by atoms with van der Waals surface area (Å²) in [5, 5.41) is 0. The Morgan fingerprint density at radius 1 is 0.545 bits per heavy atom. The molecular formula is C40H54O4. The van der Waals surface area contributed by atoms with Crippen molar-refractivity contribution in [2.45, 2.75) is 79.1 Å². The van der Waals surface area contributed by atoms with Gasteiger partial charge in [0.05, 0.1) is 27.4 Å². The fourth-order valence-electron chi connectivity index (χ4n) is 5.12. The fourth-order valence-corrected chi connectivity index (χ4v) is 5.12. The van der Waals surface area contributed by atoms with Crippen LogP contribution in [0.2, 0.25) is 0 Å². The van der Waals surface area contributed by atoms with Crippen LogP contribution in [0.3, 0.4) is 0 Å². The summed E-state index contributed by atoms with van der Waals surface area (Å²) in [7, 11) is 3.38. The molecule has 0 saturated carbocycles. The Bertz CT molecular complexity index is 1170. The third kappa shape index (κ3) is 11.4. The van der Waals surface area contributed by atoms with Crippen LogP contribution in [0.4, 0.5) is 0 Å². The van der Waals surface area contributed by atoms with E-state index < -0.39 is 0 Å². The summed E-state index contributed by atoms with van der Waals surface area (Å²) in [5.74, 6) is 4.52. The quantitative estimate of drug-likeness (QED) is 0.121. The number of hydrogen-bond donors (Lipinski definition) is 0. The highest BCUT2D eigenvalue weighted by atomic mass is 16.5. The van der Waals surface area contributed by atoms with Gasteiger partial charge in [-0.2, -0.15) is 0 Å². The van der Waals surface area contributed by atoms with Crippen molar-refractivity contribution in [3.05, 3.63) is 82.9 Å². The van der Waals surface area contributed by atoms with Crippen LogP contribution >= 0.6 is 0 Å². The molecule has 0 heterocycles. The van der Waals surface area contributed by atoms with Crippen LogP contribution < -0.4 is 18.9 Å². The second-order valence-corrected chi connectivity index (χ2v) is 11.6. The van der Waals surface area contributed by atoms with Crippen LogP contribution in [0.25, 0.3) is 24.3 Å². The average molecular weight is 599 g/mol. The fraction of sp³-hybridized carbons (Fsp3) is 0.450. The first-order valence-electron chi connectivity index (χ1n) is 16.6. The molecule has 238 valence electrons. The van der Waals surface area contributed by atoms with E-state index >= 15 is 0 Å². The average Bonchev–Trinajstić information content (AvgIpc) is 3.07. The van der Waals surface area contributed by atoms with Crippen LogP contribution in [0, 0.1) is 11.8 Å². The van der Waals surface area contributed by atoms with Crippen molar-refractivity contribution in [3.8, 4) is 23.0 Å². The monoisotopic (exact) mass is 598 g/mol. The van der Waals surface area contributed by atoms with Gasteiger partial charge in [-0.1, -0.05) is 115 Å². The molecule has 0 radical (unpaired) electrons. The second-order valence-electron chi connectivity index (χ2n) is 11.6. The lowest BCUT2D eigenvalue weighted by Gasteiger charge is -2.20. The molecule has 2 unspecified atom stereocenters. The van der Waals surface area contributed by atoms with E-state index in [4.69, 9.17) is 18.9 Å². The van der Waals surface area contributed by atoms with Gasteiger partial charge < -0.3 is 18.9 Å². The molecule has 0 saturated heterocycles. The zero-order valence-electron chi connectivity index (χ0n) is 27.9. The summed E-state index contributed by atoms with van der Waals surface area (Å²) in [4.78, 5) is 0. The van der Waals surface area contributed by atoms with Crippen molar-refractivity contribution in [1.29, 1.82) is 0 Å². The van der Waals surface area contributed by atoms with Gasteiger partial charge in [-0.05, 0) is 72.2 Å². The Hall–Kier alpha value is -3.66. The van der Waals surface area contributed by atoms with Crippen molar-refractivity contribution in [2.75, 3.05) is 27.4 Å². The molecule has 0 aliphatic carbocycles. The van der Waals surface area contributed by atoms with Gasteiger partial charge in [-0.3, -0.25) is 0 Å². The van der Waals surface area contributed by atoms with Crippen LogP contribution in [0.5, 0.6) is 23.0 Å². The third-order valence-corrected chi connectivity index (χ3v) is 8.32. The van der Waals surface area contributed by atoms with Crippen LogP contribution in [-0.4, -0.2) is 27.4 Å². The highest BCUT2D eigenvalue weighted by Crippen LogP contribution is 2.34. The van der Waals surface area contributed by atoms with Crippen molar-refractivity contribution in [3.63, 3.8) is 0 Å². The lowest BCUT2D eigenvalue weighted by Crippen LogP contribution is -2.13. The number of unbranched alkanes of at least 4 members (excludes halogenated alkanes) is 2. The van der Waals surface area contributed by atoms with E-state index in [9.17, 15) is 0 Å². The Balaban J connectivity index is 2.01. The van der Waals surface area contributed by atoms with Crippen molar-refractivity contribution in [2.24, 2.45) is 11.8 Å². The number of methoxy groups -OCH3 is 2. The van der Waals surface area contributed by atoms with E-state index in [-0.39, 0.29) is 0 Å². The van der Waals surface area contributed by atoms with Gasteiger partial charge in [-0.15, -0.1) is 0 Å². The Labute approximate surface area is 267 Å². The zero-order chi connectivity index (χ0) is 31.6. The normalized spacial score (nSPS) is 12.9. The molecule has 3 aromatic carbocycles. The summed E-state index contributed by atoms with van der Waals surface area (Å²) < 4.78 is 23.9. The van der Waals surface area contributed by atoms with Crippen LogP contribution in [0.1, 0.15) is 101 Å². The maximum absolute atomic E-state index is 6.61. The Kier molecular flexibility index (Phi) is 15.5. The van der Waals surface area contributed by atoms with Gasteiger partial charge in [0.15, 0.2) is 0 Å². The maximum Gasteiger partial charge on any atom is 0.127 e. The summed E-state index contributed by atoms with van der Waals surface area (Å²) in [5.41, 5.74) is 4.24. The van der Waals surface area contributed by atoms with Gasteiger partial charge >= 0.3 is 0 Å². The van der Waals surface area contributed by atoms with E-state index in [1.54, 1.807) is 14.2 Å². The van der Waals surface area contributed by atoms with Crippen molar-refractivity contribution < 1.29 is 18.9 Å². The maximum atomic E-state index is 6.61. The Morgan fingerprint density at radius 3 is 1.25 bits per heavy atom. The molecule has 2 atom stereocenters. The molecule has 0 aliphatic rings. The van der Waals surface area contributed by atoms with Gasteiger partial charge in [-0.25, -0.2) is 0 Å². The minimum atomic E-state index is 0.534. The lowest BCUT2D eigenvalue weighted by molar-refractivity contribution is 0.227. The molecule has 0 aliphatic heterocycles. The van der Waals surface area contributed by atoms with Crippen molar-refractivity contribution in [1.82, 2.24) is 0 Å². The largest absolute Gasteiger partial charge is 0.497 e. The molecule has 0 fully saturated rings. The molecule has 3 aromatic rings. The van der Waals surface area contributed by atoms with Crippen molar-refractivity contribution >= 4 is 24.3 Å². The predicted molar refractivity (Wildman–Crippen MR) is 188 cm³/mol.